The quantitative estimate of drug-likeness (QED) is 0.294. The van der Waals surface area contributed by atoms with Crippen LogP contribution in [-0.4, -0.2) is 56.8 Å². The lowest BCUT2D eigenvalue weighted by Gasteiger charge is -2.42. The monoisotopic (exact) mass is 516 g/mol. The molecule has 2 aliphatic rings. The number of pyridine rings is 1. The summed E-state index contributed by atoms with van der Waals surface area (Å²) >= 11 is 0. The van der Waals surface area contributed by atoms with Crippen LogP contribution in [0.4, 0.5) is 4.79 Å². The van der Waals surface area contributed by atoms with Gasteiger partial charge in [0, 0.05) is 45.1 Å². The second kappa shape index (κ2) is 10.8. The fraction of sp³-hybridized carbons (Fsp3) is 0.242. The van der Waals surface area contributed by atoms with Gasteiger partial charge in [-0.1, -0.05) is 84.9 Å². The van der Waals surface area contributed by atoms with Gasteiger partial charge in [0.2, 0.25) is 0 Å². The molecule has 2 fully saturated rings. The van der Waals surface area contributed by atoms with Gasteiger partial charge >= 0.3 is 6.03 Å². The van der Waals surface area contributed by atoms with Crippen LogP contribution in [0.15, 0.2) is 103 Å². The lowest BCUT2D eigenvalue weighted by atomic mass is 9.85. The molecule has 0 aliphatic carbocycles. The molecule has 3 heterocycles. The van der Waals surface area contributed by atoms with E-state index in [0.717, 1.165) is 30.8 Å². The van der Waals surface area contributed by atoms with E-state index in [1.54, 1.807) is 12.4 Å². The first-order valence-electron chi connectivity index (χ1n) is 13.6. The molecule has 0 unspecified atom stereocenters. The second-order valence-corrected chi connectivity index (χ2v) is 10.4. The summed E-state index contributed by atoms with van der Waals surface area (Å²) in [6.45, 7) is 3.00. The predicted octanol–water partition coefficient (Wildman–Crippen LogP) is 5.75. The third-order valence-corrected chi connectivity index (χ3v) is 8.07. The van der Waals surface area contributed by atoms with Crippen molar-refractivity contribution >= 4 is 28.8 Å². The number of carbonyl (C=O) groups excluding carboxylic acids is 2. The zero-order valence-electron chi connectivity index (χ0n) is 21.9. The molecule has 4 aromatic rings. The van der Waals surface area contributed by atoms with Crippen molar-refractivity contribution in [3.05, 3.63) is 120 Å². The Labute approximate surface area is 229 Å². The van der Waals surface area contributed by atoms with Crippen molar-refractivity contribution in [2.45, 2.75) is 31.5 Å². The number of rotatable bonds is 7. The van der Waals surface area contributed by atoms with Crippen molar-refractivity contribution in [1.29, 1.82) is 0 Å². The number of nitrogens with zero attached hydrogens (tertiary/aromatic N) is 4. The first-order chi connectivity index (χ1) is 19.1. The predicted molar refractivity (Wildman–Crippen MR) is 154 cm³/mol. The summed E-state index contributed by atoms with van der Waals surface area (Å²) < 4.78 is 0. The number of likely N-dealkylation sites (tertiary alicyclic amines) is 1. The highest BCUT2D eigenvalue weighted by Crippen LogP contribution is 2.39. The minimum absolute atomic E-state index is 0.0796. The topological polar surface area (TPSA) is 56.8 Å². The molecule has 0 atom stereocenters. The van der Waals surface area contributed by atoms with Crippen LogP contribution in [0.1, 0.15) is 29.5 Å². The summed E-state index contributed by atoms with van der Waals surface area (Å²) in [4.78, 5) is 37.5. The molecule has 0 N–H and O–H groups in total. The summed E-state index contributed by atoms with van der Waals surface area (Å²) in [5.74, 6) is -0.0796. The maximum atomic E-state index is 14.0. The normalized spacial score (nSPS) is 17.6. The minimum atomic E-state index is -0.823. The summed E-state index contributed by atoms with van der Waals surface area (Å²) in [6, 6.07) is 28.5. The van der Waals surface area contributed by atoms with Crippen molar-refractivity contribution in [3.8, 4) is 0 Å². The number of hydrogen-bond donors (Lipinski definition) is 0. The molecule has 3 aromatic carbocycles. The van der Waals surface area contributed by atoms with E-state index in [1.165, 1.54) is 21.2 Å². The van der Waals surface area contributed by atoms with Crippen LogP contribution < -0.4 is 0 Å². The van der Waals surface area contributed by atoms with Crippen molar-refractivity contribution < 1.29 is 9.59 Å². The van der Waals surface area contributed by atoms with Gasteiger partial charge < -0.3 is 4.90 Å². The van der Waals surface area contributed by atoms with E-state index in [2.05, 4.69) is 52.3 Å². The number of imide groups is 1. The van der Waals surface area contributed by atoms with Gasteiger partial charge in [0.15, 0.2) is 0 Å². The first kappa shape index (κ1) is 25.0. The molecule has 2 aliphatic heterocycles. The zero-order chi connectivity index (χ0) is 26.7. The molecule has 6 nitrogen and oxygen atoms in total. The highest BCUT2D eigenvalue weighted by Gasteiger charge is 2.57. The standard InChI is InChI=1S/C33H32N4O2/c38-31-33(17-22-35(23-18-33)25-29-13-6-12-28-11-4-5-14-30(28)29)37(24-27-15-19-34-20-16-27)32(39)36(31)21-7-10-26-8-2-1-3-9-26/h1-16,19-20H,17-18,21-25H2/b10-7+. The number of amides is 3. The van der Waals surface area contributed by atoms with Crippen molar-refractivity contribution in [2.24, 2.45) is 0 Å². The summed E-state index contributed by atoms with van der Waals surface area (Å²) in [5.41, 5.74) is 2.49. The van der Waals surface area contributed by atoms with Crippen LogP contribution in [0.2, 0.25) is 0 Å². The lowest BCUT2D eigenvalue weighted by Crippen LogP contribution is -2.56. The molecule has 6 rings (SSSR count). The number of fused-ring (bicyclic) bond motifs is 1. The highest BCUT2D eigenvalue weighted by atomic mass is 16.2. The van der Waals surface area contributed by atoms with E-state index in [1.807, 2.05) is 59.5 Å². The van der Waals surface area contributed by atoms with Crippen LogP contribution >= 0.6 is 0 Å². The van der Waals surface area contributed by atoms with Gasteiger partial charge in [-0.3, -0.25) is 19.6 Å². The van der Waals surface area contributed by atoms with E-state index in [4.69, 9.17) is 0 Å². The van der Waals surface area contributed by atoms with E-state index in [0.29, 0.717) is 19.4 Å². The number of aromatic nitrogens is 1. The summed E-state index contributed by atoms with van der Waals surface area (Å²) in [7, 11) is 0. The van der Waals surface area contributed by atoms with Gasteiger partial charge in [-0.05, 0) is 52.4 Å². The van der Waals surface area contributed by atoms with Crippen LogP contribution in [0.3, 0.4) is 0 Å². The molecular weight excluding hydrogens is 484 g/mol. The van der Waals surface area contributed by atoms with Crippen molar-refractivity contribution in [3.63, 3.8) is 0 Å². The minimum Gasteiger partial charge on any atom is -0.305 e. The van der Waals surface area contributed by atoms with E-state index in [-0.39, 0.29) is 18.5 Å². The fourth-order valence-electron chi connectivity index (χ4n) is 5.93. The Kier molecular flexibility index (Phi) is 6.95. The Morgan fingerprint density at radius 2 is 1.51 bits per heavy atom. The molecule has 0 bridgehead atoms. The fourth-order valence-corrected chi connectivity index (χ4v) is 5.93. The number of urea groups is 1. The van der Waals surface area contributed by atoms with Crippen molar-refractivity contribution in [1.82, 2.24) is 19.7 Å². The van der Waals surface area contributed by atoms with Crippen LogP contribution in [0, 0.1) is 0 Å². The number of carbonyl (C=O) groups is 2. The van der Waals surface area contributed by atoms with Gasteiger partial charge in [-0.2, -0.15) is 0 Å². The van der Waals surface area contributed by atoms with E-state index in [9.17, 15) is 9.59 Å². The molecule has 1 spiro atoms. The van der Waals surface area contributed by atoms with Gasteiger partial charge in [-0.15, -0.1) is 0 Å². The van der Waals surface area contributed by atoms with E-state index >= 15 is 0 Å². The van der Waals surface area contributed by atoms with E-state index < -0.39 is 5.54 Å². The first-order valence-corrected chi connectivity index (χ1v) is 13.6. The number of benzene rings is 3. The average Bonchev–Trinajstić information content (AvgIpc) is 3.16. The molecule has 1 aromatic heterocycles. The summed E-state index contributed by atoms with van der Waals surface area (Å²) in [6.07, 6.45) is 8.57. The molecule has 196 valence electrons. The zero-order valence-corrected chi connectivity index (χ0v) is 21.9. The van der Waals surface area contributed by atoms with Gasteiger partial charge in [-0.25, -0.2) is 4.79 Å². The molecule has 0 radical (unpaired) electrons. The number of piperidine rings is 1. The second-order valence-electron chi connectivity index (χ2n) is 10.4. The average molecular weight is 517 g/mol. The largest absolute Gasteiger partial charge is 0.328 e. The smallest absolute Gasteiger partial charge is 0.305 e. The highest BCUT2D eigenvalue weighted by molar-refractivity contribution is 6.07. The van der Waals surface area contributed by atoms with Gasteiger partial charge in [0.25, 0.3) is 5.91 Å². The molecule has 39 heavy (non-hydrogen) atoms. The maximum absolute atomic E-state index is 14.0. The van der Waals surface area contributed by atoms with Crippen LogP contribution in [-0.2, 0) is 17.9 Å². The Balaban J connectivity index is 1.22. The van der Waals surface area contributed by atoms with Gasteiger partial charge in [0.1, 0.15) is 5.54 Å². The maximum Gasteiger partial charge on any atom is 0.328 e. The molecule has 0 saturated carbocycles. The Morgan fingerprint density at radius 1 is 0.795 bits per heavy atom. The molecule has 6 heteroatoms. The molecule has 3 amide bonds. The SMILES string of the molecule is O=C1N(C/C=C/c2ccccc2)C(=O)C2(CCN(Cc3cccc4ccccc34)CC2)N1Cc1ccncc1. The third-order valence-electron chi connectivity index (χ3n) is 8.07. The Hall–Kier alpha value is -4.29. The molecule has 2 saturated heterocycles. The molecular formula is C33H32N4O2. The Bertz CT molecular complexity index is 1490. The Morgan fingerprint density at radius 3 is 2.31 bits per heavy atom. The number of hydrogen-bond acceptors (Lipinski definition) is 4. The van der Waals surface area contributed by atoms with Gasteiger partial charge in [0.05, 0.1) is 0 Å². The lowest BCUT2D eigenvalue weighted by molar-refractivity contribution is -0.135. The van der Waals surface area contributed by atoms with Crippen molar-refractivity contribution in [2.75, 3.05) is 19.6 Å². The van der Waals surface area contributed by atoms with Crippen LogP contribution in [0.5, 0.6) is 0 Å². The van der Waals surface area contributed by atoms with Crippen LogP contribution in [0.25, 0.3) is 16.8 Å². The third kappa shape index (κ3) is 4.95. The summed E-state index contributed by atoms with van der Waals surface area (Å²) in [5, 5.41) is 2.51.